The smallest absolute Gasteiger partial charge is 0.229 e. The minimum atomic E-state index is -3.32. The fraction of sp³-hybridized carbons (Fsp3) is 0.167. The first kappa shape index (κ1) is 18.0. The number of nitrogens with one attached hydrogen (secondary N) is 3. The summed E-state index contributed by atoms with van der Waals surface area (Å²) in [5, 5.41) is 10.3. The number of benzene rings is 1. The second kappa shape index (κ2) is 6.64. The molecule has 9 nitrogen and oxygen atoms in total. The van der Waals surface area contributed by atoms with Gasteiger partial charge in [0.25, 0.3) is 0 Å². The molecule has 0 aliphatic rings. The van der Waals surface area contributed by atoms with Gasteiger partial charge in [-0.2, -0.15) is 5.10 Å². The van der Waals surface area contributed by atoms with E-state index in [9.17, 15) is 8.42 Å². The van der Waals surface area contributed by atoms with Gasteiger partial charge in [-0.15, -0.1) is 0 Å². The third-order valence-electron chi connectivity index (χ3n) is 4.00. The van der Waals surface area contributed by atoms with Crippen LogP contribution in [0, 0.1) is 13.8 Å². The average molecular weight is 397 g/mol. The highest BCUT2D eigenvalue weighted by Crippen LogP contribution is 2.25. The van der Waals surface area contributed by atoms with Gasteiger partial charge in [0.15, 0.2) is 5.82 Å². The second-order valence-electron chi connectivity index (χ2n) is 6.59. The second-order valence-corrected chi connectivity index (χ2v) is 8.34. The number of fused-ring (bicyclic) bond motifs is 1. The Kier molecular flexibility index (Phi) is 4.27. The van der Waals surface area contributed by atoms with Gasteiger partial charge in [0.1, 0.15) is 5.65 Å². The molecule has 4 aromatic rings. The molecule has 1 aromatic carbocycles. The van der Waals surface area contributed by atoms with Crippen LogP contribution in [-0.2, 0) is 10.0 Å². The molecule has 10 heteroatoms. The zero-order valence-electron chi connectivity index (χ0n) is 15.6. The quantitative estimate of drug-likeness (QED) is 0.477. The van der Waals surface area contributed by atoms with E-state index in [1.807, 2.05) is 48.7 Å². The van der Waals surface area contributed by atoms with Crippen molar-refractivity contribution in [3.05, 3.63) is 54.0 Å². The van der Waals surface area contributed by atoms with Crippen molar-refractivity contribution in [3.63, 3.8) is 0 Å². The van der Waals surface area contributed by atoms with Gasteiger partial charge in [0, 0.05) is 35.3 Å². The maximum absolute atomic E-state index is 11.4. The van der Waals surface area contributed by atoms with Gasteiger partial charge in [-0.05, 0) is 26.0 Å². The third-order valence-corrected chi connectivity index (χ3v) is 4.61. The van der Waals surface area contributed by atoms with Crippen LogP contribution in [0.5, 0.6) is 0 Å². The van der Waals surface area contributed by atoms with Gasteiger partial charge in [0.2, 0.25) is 16.0 Å². The lowest BCUT2D eigenvalue weighted by Gasteiger charge is -2.10. The molecule has 0 saturated heterocycles. The topological polar surface area (TPSA) is 117 Å². The summed E-state index contributed by atoms with van der Waals surface area (Å²) in [4.78, 5) is 9.25. The van der Waals surface area contributed by atoms with Crippen molar-refractivity contribution in [2.75, 3.05) is 16.3 Å². The molecule has 0 amide bonds. The van der Waals surface area contributed by atoms with Crippen molar-refractivity contribution in [2.45, 2.75) is 13.8 Å². The van der Waals surface area contributed by atoms with Crippen molar-refractivity contribution in [1.29, 1.82) is 0 Å². The number of hydrogen-bond donors (Lipinski definition) is 3. The Morgan fingerprint density at radius 3 is 2.46 bits per heavy atom. The monoisotopic (exact) mass is 397 g/mol. The SMILES string of the molecule is Cc1cn2c(Nc3cc(C)[nH]n3)nc(-c3ccc(NS(C)(=O)=O)cc3)cc2n1. The van der Waals surface area contributed by atoms with Crippen LogP contribution < -0.4 is 10.0 Å². The summed E-state index contributed by atoms with van der Waals surface area (Å²) in [5.74, 6) is 1.24. The maximum Gasteiger partial charge on any atom is 0.229 e. The number of rotatable bonds is 5. The van der Waals surface area contributed by atoms with E-state index in [0.29, 0.717) is 23.1 Å². The highest BCUT2D eigenvalue weighted by molar-refractivity contribution is 7.92. The van der Waals surface area contributed by atoms with Gasteiger partial charge >= 0.3 is 0 Å². The van der Waals surface area contributed by atoms with Crippen LogP contribution in [0.1, 0.15) is 11.4 Å². The molecule has 0 spiro atoms. The van der Waals surface area contributed by atoms with Crippen LogP contribution in [0.3, 0.4) is 0 Å². The Bertz CT molecular complexity index is 1260. The lowest BCUT2D eigenvalue weighted by molar-refractivity contribution is 0.607. The predicted octanol–water partition coefficient (Wildman–Crippen LogP) is 2.85. The largest absolute Gasteiger partial charge is 0.308 e. The van der Waals surface area contributed by atoms with E-state index in [0.717, 1.165) is 28.9 Å². The van der Waals surface area contributed by atoms with E-state index in [-0.39, 0.29) is 0 Å². The minimum absolute atomic E-state index is 0.495. The van der Waals surface area contributed by atoms with Gasteiger partial charge in [-0.1, -0.05) is 12.1 Å². The lowest BCUT2D eigenvalue weighted by atomic mass is 10.1. The molecule has 0 aliphatic carbocycles. The minimum Gasteiger partial charge on any atom is -0.308 e. The van der Waals surface area contributed by atoms with E-state index in [2.05, 4.69) is 25.2 Å². The molecule has 144 valence electrons. The number of hydrogen-bond acceptors (Lipinski definition) is 6. The summed E-state index contributed by atoms with van der Waals surface area (Å²) >= 11 is 0. The first-order chi connectivity index (χ1) is 13.3. The fourth-order valence-corrected chi connectivity index (χ4v) is 3.43. The number of aromatic nitrogens is 5. The predicted molar refractivity (Wildman–Crippen MR) is 108 cm³/mol. The van der Waals surface area contributed by atoms with E-state index in [1.165, 1.54) is 0 Å². The highest BCUT2D eigenvalue weighted by Gasteiger charge is 2.12. The molecule has 3 N–H and O–H groups in total. The van der Waals surface area contributed by atoms with E-state index >= 15 is 0 Å². The van der Waals surface area contributed by atoms with E-state index in [1.54, 1.807) is 12.1 Å². The summed E-state index contributed by atoms with van der Waals surface area (Å²) in [7, 11) is -3.32. The number of aromatic amines is 1. The van der Waals surface area contributed by atoms with Crippen LogP contribution in [0.15, 0.2) is 42.6 Å². The van der Waals surface area contributed by atoms with Gasteiger partial charge in [0.05, 0.1) is 17.6 Å². The Balaban J connectivity index is 1.75. The van der Waals surface area contributed by atoms with Gasteiger partial charge in [-0.25, -0.2) is 18.4 Å². The van der Waals surface area contributed by atoms with Crippen LogP contribution >= 0.6 is 0 Å². The van der Waals surface area contributed by atoms with Crippen molar-refractivity contribution in [1.82, 2.24) is 24.6 Å². The maximum atomic E-state index is 11.4. The molecule has 3 aromatic heterocycles. The number of sulfonamides is 1. The third kappa shape index (κ3) is 3.81. The Labute approximate surface area is 161 Å². The molecule has 0 fully saturated rings. The van der Waals surface area contributed by atoms with Gasteiger partial charge < -0.3 is 5.32 Å². The molecule has 0 atom stereocenters. The van der Waals surface area contributed by atoms with E-state index < -0.39 is 10.0 Å². The van der Waals surface area contributed by atoms with Crippen LogP contribution in [0.4, 0.5) is 17.5 Å². The first-order valence-corrected chi connectivity index (χ1v) is 10.4. The molecule has 0 saturated carbocycles. The summed E-state index contributed by atoms with van der Waals surface area (Å²) in [6, 6.07) is 10.8. The normalized spacial score (nSPS) is 11.7. The first-order valence-electron chi connectivity index (χ1n) is 8.51. The molecule has 3 heterocycles. The molecule has 0 aliphatic heterocycles. The number of nitrogens with zero attached hydrogens (tertiary/aromatic N) is 4. The Morgan fingerprint density at radius 2 is 1.82 bits per heavy atom. The molecule has 4 rings (SSSR count). The number of anilines is 3. The fourth-order valence-electron chi connectivity index (χ4n) is 2.87. The standard InChI is InChI=1S/C18H19N7O2S/c1-11-8-16(23-22-11)21-18-20-15(9-17-19-12(2)10-25(17)18)13-4-6-14(7-5-13)24-28(3,26)27/h4-10,24H,1-3H3,(H2,20,21,22,23). The zero-order chi connectivity index (χ0) is 19.9. The molecule has 0 bridgehead atoms. The Hall–Kier alpha value is -3.40. The zero-order valence-corrected chi connectivity index (χ0v) is 16.4. The van der Waals surface area contributed by atoms with Gasteiger partial charge in [-0.3, -0.25) is 14.2 Å². The molecular formula is C18H19N7O2S. The molecule has 0 radical (unpaired) electrons. The molecule has 28 heavy (non-hydrogen) atoms. The summed E-state index contributed by atoms with van der Waals surface area (Å²) in [5.41, 5.74) is 4.59. The van der Waals surface area contributed by atoms with Crippen molar-refractivity contribution in [3.8, 4) is 11.3 Å². The van der Waals surface area contributed by atoms with Crippen LogP contribution in [0.2, 0.25) is 0 Å². The molecule has 0 unspecified atom stereocenters. The Morgan fingerprint density at radius 1 is 1.07 bits per heavy atom. The van der Waals surface area contributed by atoms with Crippen molar-refractivity contribution < 1.29 is 8.42 Å². The number of imidazole rings is 1. The lowest BCUT2D eigenvalue weighted by Crippen LogP contribution is -2.09. The van der Waals surface area contributed by atoms with Crippen molar-refractivity contribution >= 4 is 33.1 Å². The van der Waals surface area contributed by atoms with Crippen LogP contribution in [0.25, 0.3) is 16.9 Å². The highest BCUT2D eigenvalue weighted by atomic mass is 32.2. The van der Waals surface area contributed by atoms with Crippen LogP contribution in [-0.4, -0.2) is 39.2 Å². The van der Waals surface area contributed by atoms with E-state index in [4.69, 9.17) is 4.98 Å². The summed E-state index contributed by atoms with van der Waals surface area (Å²) < 4.78 is 27.1. The van der Waals surface area contributed by atoms with Crippen molar-refractivity contribution in [2.24, 2.45) is 0 Å². The summed E-state index contributed by atoms with van der Waals surface area (Å²) in [6.45, 7) is 3.84. The summed E-state index contributed by atoms with van der Waals surface area (Å²) in [6.07, 6.45) is 3.01. The number of aryl methyl sites for hydroxylation is 2. The molecular weight excluding hydrogens is 378 g/mol. The average Bonchev–Trinajstić information content (AvgIpc) is 3.18. The number of H-pyrrole nitrogens is 1.